The third-order valence-corrected chi connectivity index (χ3v) is 3.26. The predicted octanol–water partition coefficient (Wildman–Crippen LogP) is 2.87. The standard InChI is InChI=1S/C14H16N4O/c1-8(2)12(15)14-17-13(18-19-14)10-3-4-11-9(7-10)5-6-16-11/h3-8,12,16H,15H2,1-2H3. The molecule has 0 aliphatic heterocycles. The van der Waals surface area contributed by atoms with Crippen molar-refractivity contribution in [2.75, 3.05) is 0 Å². The van der Waals surface area contributed by atoms with Crippen molar-refractivity contribution in [3.8, 4) is 11.4 Å². The second kappa shape index (κ2) is 4.51. The van der Waals surface area contributed by atoms with Crippen LogP contribution < -0.4 is 5.73 Å². The van der Waals surface area contributed by atoms with Crippen LogP contribution in [-0.4, -0.2) is 15.1 Å². The van der Waals surface area contributed by atoms with Crippen LogP contribution in [0.2, 0.25) is 0 Å². The van der Waals surface area contributed by atoms with Crippen molar-refractivity contribution in [1.29, 1.82) is 0 Å². The number of rotatable bonds is 3. The molecule has 0 saturated carbocycles. The van der Waals surface area contributed by atoms with E-state index < -0.39 is 0 Å². The molecule has 5 nitrogen and oxygen atoms in total. The lowest BCUT2D eigenvalue weighted by molar-refractivity contribution is 0.325. The number of nitrogens with one attached hydrogen (secondary N) is 1. The topological polar surface area (TPSA) is 80.7 Å². The molecule has 0 fully saturated rings. The summed E-state index contributed by atoms with van der Waals surface area (Å²) in [5.74, 6) is 1.33. The van der Waals surface area contributed by atoms with Crippen molar-refractivity contribution in [2.24, 2.45) is 11.7 Å². The number of aromatic amines is 1. The van der Waals surface area contributed by atoms with Crippen LogP contribution in [0.1, 0.15) is 25.8 Å². The minimum absolute atomic E-state index is 0.225. The Hall–Kier alpha value is -2.14. The molecule has 3 N–H and O–H groups in total. The molecule has 5 heteroatoms. The van der Waals surface area contributed by atoms with Gasteiger partial charge in [-0.3, -0.25) is 0 Å². The number of hydrogen-bond donors (Lipinski definition) is 2. The summed E-state index contributed by atoms with van der Waals surface area (Å²) in [6, 6.07) is 7.79. The fourth-order valence-electron chi connectivity index (χ4n) is 1.97. The maximum absolute atomic E-state index is 6.00. The monoisotopic (exact) mass is 256 g/mol. The van der Waals surface area contributed by atoms with Crippen LogP contribution in [0, 0.1) is 5.92 Å². The molecule has 3 rings (SSSR count). The van der Waals surface area contributed by atoms with Crippen LogP contribution >= 0.6 is 0 Å². The second-order valence-electron chi connectivity index (χ2n) is 5.01. The molecule has 1 unspecified atom stereocenters. The summed E-state index contributed by atoms with van der Waals surface area (Å²) in [5, 5.41) is 5.13. The molecule has 1 aromatic carbocycles. The molecular formula is C14H16N4O. The average molecular weight is 256 g/mol. The number of hydrogen-bond acceptors (Lipinski definition) is 4. The zero-order chi connectivity index (χ0) is 13.4. The van der Waals surface area contributed by atoms with Gasteiger partial charge in [-0.1, -0.05) is 19.0 Å². The lowest BCUT2D eigenvalue weighted by Crippen LogP contribution is -2.16. The van der Waals surface area contributed by atoms with Gasteiger partial charge in [0.2, 0.25) is 11.7 Å². The number of benzene rings is 1. The van der Waals surface area contributed by atoms with E-state index in [4.69, 9.17) is 10.3 Å². The second-order valence-corrected chi connectivity index (χ2v) is 5.01. The highest BCUT2D eigenvalue weighted by molar-refractivity contribution is 5.83. The molecule has 2 heterocycles. The zero-order valence-corrected chi connectivity index (χ0v) is 10.9. The third-order valence-electron chi connectivity index (χ3n) is 3.26. The van der Waals surface area contributed by atoms with E-state index in [0.29, 0.717) is 11.7 Å². The molecule has 1 atom stereocenters. The molecule has 0 aliphatic rings. The van der Waals surface area contributed by atoms with Crippen LogP contribution in [0.5, 0.6) is 0 Å². The van der Waals surface area contributed by atoms with Crippen molar-refractivity contribution in [3.63, 3.8) is 0 Å². The van der Waals surface area contributed by atoms with Gasteiger partial charge in [-0.2, -0.15) is 4.98 Å². The molecule has 19 heavy (non-hydrogen) atoms. The van der Waals surface area contributed by atoms with E-state index >= 15 is 0 Å². The van der Waals surface area contributed by atoms with Crippen LogP contribution in [0.3, 0.4) is 0 Å². The van der Waals surface area contributed by atoms with Crippen LogP contribution in [0.4, 0.5) is 0 Å². The number of nitrogens with two attached hydrogens (primary N) is 1. The molecule has 2 aromatic heterocycles. The number of nitrogens with zero attached hydrogens (tertiary/aromatic N) is 2. The largest absolute Gasteiger partial charge is 0.361 e. The summed E-state index contributed by atoms with van der Waals surface area (Å²) in [5.41, 5.74) is 8.02. The minimum atomic E-state index is -0.225. The fourth-order valence-corrected chi connectivity index (χ4v) is 1.97. The van der Waals surface area contributed by atoms with E-state index in [2.05, 4.69) is 15.1 Å². The Labute approximate surface area is 110 Å². The molecule has 0 saturated heterocycles. The van der Waals surface area contributed by atoms with E-state index in [-0.39, 0.29) is 12.0 Å². The zero-order valence-electron chi connectivity index (χ0n) is 10.9. The number of H-pyrrole nitrogens is 1. The normalized spacial score (nSPS) is 13.3. The first-order chi connectivity index (χ1) is 9.15. The Balaban J connectivity index is 1.97. The molecule has 0 amide bonds. The van der Waals surface area contributed by atoms with Gasteiger partial charge < -0.3 is 15.2 Å². The van der Waals surface area contributed by atoms with Gasteiger partial charge >= 0.3 is 0 Å². The Kier molecular flexibility index (Phi) is 2.83. The highest BCUT2D eigenvalue weighted by Crippen LogP contribution is 2.24. The summed E-state index contributed by atoms with van der Waals surface area (Å²) in [6.07, 6.45) is 1.91. The molecule has 98 valence electrons. The molecule has 0 bridgehead atoms. The molecular weight excluding hydrogens is 240 g/mol. The van der Waals surface area contributed by atoms with E-state index in [1.807, 2.05) is 44.3 Å². The van der Waals surface area contributed by atoms with E-state index in [1.165, 1.54) is 0 Å². The van der Waals surface area contributed by atoms with Gasteiger partial charge in [0.05, 0.1) is 6.04 Å². The molecule has 0 spiro atoms. The fraction of sp³-hybridized carbons (Fsp3) is 0.286. The van der Waals surface area contributed by atoms with Crippen LogP contribution in [0.15, 0.2) is 35.0 Å². The molecule has 3 aromatic rings. The van der Waals surface area contributed by atoms with Gasteiger partial charge in [0.25, 0.3) is 0 Å². The SMILES string of the molecule is CC(C)C(N)c1nc(-c2ccc3[nH]ccc3c2)no1. The lowest BCUT2D eigenvalue weighted by Gasteiger charge is -2.09. The third kappa shape index (κ3) is 2.13. The van der Waals surface area contributed by atoms with Gasteiger partial charge in [-0.25, -0.2) is 0 Å². The van der Waals surface area contributed by atoms with E-state index in [9.17, 15) is 0 Å². The first-order valence-corrected chi connectivity index (χ1v) is 6.32. The maximum atomic E-state index is 6.00. The number of aromatic nitrogens is 3. The average Bonchev–Trinajstić information content (AvgIpc) is 3.05. The quantitative estimate of drug-likeness (QED) is 0.755. The summed E-state index contributed by atoms with van der Waals surface area (Å²) >= 11 is 0. The molecule has 0 aliphatic carbocycles. The van der Waals surface area contributed by atoms with Crippen molar-refractivity contribution in [1.82, 2.24) is 15.1 Å². The van der Waals surface area contributed by atoms with Crippen molar-refractivity contribution < 1.29 is 4.52 Å². The van der Waals surface area contributed by atoms with Gasteiger partial charge in [0, 0.05) is 22.7 Å². The maximum Gasteiger partial charge on any atom is 0.244 e. The summed E-state index contributed by atoms with van der Waals surface area (Å²) in [4.78, 5) is 7.53. The smallest absolute Gasteiger partial charge is 0.244 e. The Bertz CT molecular complexity index is 698. The summed E-state index contributed by atoms with van der Waals surface area (Å²) in [6.45, 7) is 4.06. The summed E-state index contributed by atoms with van der Waals surface area (Å²) < 4.78 is 5.24. The van der Waals surface area contributed by atoms with Crippen LogP contribution in [-0.2, 0) is 0 Å². The first kappa shape index (κ1) is 11.9. The lowest BCUT2D eigenvalue weighted by atomic mass is 10.1. The Morgan fingerprint density at radius 1 is 1.26 bits per heavy atom. The van der Waals surface area contributed by atoms with E-state index in [1.54, 1.807) is 0 Å². The van der Waals surface area contributed by atoms with Gasteiger partial charge in [0.1, 0.15) is 0 Å². The van der Waals surface area contributed by atoms with Crippen molar-refractivity contribution in [2.45, 2.75) is 19.9 Å². The van der Waals surface area contributed by atoms with Gasteiger partial charge in [0.15, 0.2) is 0 Å². The highest BCUT2D eigenvalue weighted by Gasteiger charge is 2.18. The van der Waals surface area contributed by atoms with Gasteiger partial charge in [-0.15, -0.1) is 0 Å². The summed E-state index contributed by atoms with van der Waals surface area (Å²) in [7, 11) is 0. The van der Waals surface area contributed by atoms with Crippen molar-refractivity contribution >= 4 is 10.9 Å². The Morgan fingerprint density at radius 2 is 2.11 bits per heavy atom. The Morgan fingerprint density at radius 3 is 2.89 bits per heavy atom. The number of fused-ring (bicyclic) bond motifs is 1. The predicted molar refractivity (Wildman–Crippen MR) is 73.4 cm³/mol. The first-order valence-electron chi connectivity index (χ1n) is 6.32. The molecule has 0 radical (unpaired) electrons. The van der Waals surface area contributed by atoms with Gasteiger partial charge in [-0.05, 0) is 30.2 Å². The van der Waals surface area contributed by atoms with E-state index in [0.717, 1.165) is 16.5 Å². The highest BCUT2D eigenvalue weighted by atomic mass is 16.5. The van der Waals surface area contributed by atoms with Crippen LogP contribution in [0.25, 0.3) is 22.3 Å². The van der Waals surface area contributed by atoms with Crippen molar-refractivity contribution in [3.05, 3.63) is 36.4 Å². The minimum Gasteiger partial charge on any atom is -0.361 e.